The number of hydrogen-bond donors (Lipinski definition) is 2. The smallest absolute Gasteiger partial charge is 0.273 e. The van der Waals surface area contributed by atoms with Crippen LogP contribution in [0.4, 0.5) is 17.6 Å². The fourth-order valence-electron chi connectivity index (χ4n) is 1.72. The molecule has 0 radical (unpaired) electrons. The molecule has 5 nitrogen and oxygen atoms in total. The van der Waals surface area contributed by atoms with Gasteiger partial charge in [0.1, 0.15) is 5.82 Å². The van der Waals surface area contributed by atoms with Gasteiger partial charge in [-0.05, 0) is 30.3 Å². The Bertz CT molecular complexity index is 866. The van der Waals surface area contributed by atoms with Crippen LogP contribution in [0.5, 0.6) is 0 Å². The van der Waals surface area contributed by atoms with Crippen LogP contribution in [0.15, 0.2) is 53.4 Å². The number of amides is 1. The van der Waals surface area contributed by atoms with Gasteiger partial charge in [-0.3, -0.25) is 10.2 Å². The molecule has 0 heterocycles. The largest absolute Gasteiger partial charge is 0.416 e. The van der Waals surface area contributed by atoms with Crippen molar-refractivity contribution in [3.05, 3.63) is 65.5 Å². The quantitative estimate of drug-likeness (QED) is 0.648. The minimum absolute atomic E-state index is 0.414. The van der Waals surface area contributed by atoms with Crippen molar-refractivity contribution in [3.8, 4) is 0 Å². The predicted octanol–water partition coefficient (Wildman–Crippen LogP) is 2.47. The molecule has 2 aromatic rings. The molecule has 2 N–H and O–H groups in total. The highest BCUT2D eigenvalue weighted by atomic mass is 32.2. The monoisotopic (exact) mass is 362 g/mol. The minimum atomic E-state index is -4.72. The maximum atomic E-state index is 13.4. The van der Waals surface area contributed by atoms with Crippen LogP contribution in [0.25, 0.3) is 0 Å². The third kappa shape index (κ3) is 4.09. The molecular weight excluding hydrogens is 352 g/mol. The second-order valence-electron chi connectivity index (χ2n) is 4.57. The maximum Gasteiger partial charge on any atom is 0.416 e. The predicted molar refractivity (Wildman–Crippen MR) is 75.6 cm³/mol. The summed E-state index contributed by atoms with van der Waals surface area (Å²) in [5.41, 5.74) is 0.151. The van der Waals surface area contributed by atoms with Crippen LogP contribution < -0.4 is 10.3 Å². The number of carbonyl (C=O) groups is 1. The van der Waals surface area contributed by atoms with Crippen LogP contribution in [0.1, 0.15) is 15.9 Å². The first kappa shape index (κ1) is 17.9. The van der Waals surface area contributed by atoms with E-state index in [4.69, 9.17) is 0 Å². The van der Waals surface area contributed by atoms with Gasteiger partial charge in [-0.1, -0.05) is 18.2 Å². The molecule has 0 aliphatic carbocycles. The average Bonchev–Trinajstić information content (AvgIpc) is 2.52. The second-order valence-corrected chi connectivity index (χ2v) is 6.25. The Morgan fingerprint density at radius 3 is 2.29 bits per heavy atom. The topological polar surface area (TPSA) is 75.3 Å². The lowest BCUT2D eigenvalue weighted by Crippen LogP contribution is -2.41. The number of halogens is 4. The van der Waals surface area contributed by atoms with Gasteiger partial charge in [-0.25, -0.2) is 12.8 Å². The number of carbonyl (C=O) groups excluding carboxylic acids is 1. The molecule has 24 heavy (non-hydrogen) atoms. The van der Waals surface area contributed by atoms with Crippen LogP contribution in [0.3, 0.4) is 0 Å². The van der Waals surface area contributed by atoms with Gasteiger partial charge in [-0.2, -0.15) is 13.2 Å². The van der Waals surface area contributed by atoms with Crippen molar-refractivity contribution in [3.63, 3.8) is 0 Å². The number of sulfonamides is 1. The molecule has 0 aliphatic heterocycles. The Kier molecular flexibility index (Phi) is 4.90. The van der Waals surface area contributed by atoms with Crippen molar-refractivity contribution >= 4 is 15.9 Å². The molecule has 2 rings (SSSR count). The van der Waals surface area contributed by atoms with E-state index in [1.807, 2.05) is 0 Å². The Morgan fingerprint density at radius 1 is 1.00 bits per heavy atom. The summed E-state index contributed by atoms with van der Waals surface area (Å²) in [5.74, 6) is -1.98. The number of rotatable bonds is 4. The van der Waals surface area contributed by atoms with Gasteiger partial charge in [-0.15, -0.1) is 4.83 Å². The Labute approximate surface area is 134 Å². The summed E-state index contributed by atoms with van der Waals surface area (Å²) in [5, 5.41) is 0. The number of benzene rings is 2. The lowest BCUT2D eigenvalue weighted by Gasteiger charge is -2.11. The van der Waals surface area contributed by atoms with Gasteiger partial charge in [0.15, 0.2) is 0 Å². The lowest BCUT2D eigenvalue weighted by atomic mass is 10.2. The van der Waals surface area contributed by atoms with Crippen LogP contribution in [0, 0.1) is 5.82 Å². The normalized spacial score (nSPS) is 12.0. The maximum absolute atomic E-state index is 13.4. The SMILES string of the molecule is O=C(NNS(=O)(=O)c1cccc(C(F)(F)F)c1)c1ccccc1F. The van der Waals surface area contributed by atoms with Crippen molar-refractivity contribution < 1.29 is 30.8 Å². The van der Waals surface area contributed by atoms with Crippen LogP contribution in [0.2, 0.25) is 0 Å². The van der Waals surface area contributed by atoms with Crippen LogP contribution >= 0.6 is 0 Å². The standard InChI is InChI=1S/C14H10F4N2O3S/c15-12-7-2-1-6-11(12)13(21)19-20-24(22,23)10-5-3-4-9(8-10)14(16,17)18/h1-8,20H,(H,19,21). The van der Waals surface area contributed by atoms with E-state index in [0.29, 0.717) is 12.1 Å². The van der Waals surface area contributed by atoms with E-state index < -0.39 is 43.9 Å². The highest BCUT2D eigenvalue weighted by Crippen LogP contribution is 2.30. The third-order valence-electron chi connectivity index (χ3n) is 2.89. The van der Waals surface area contributed by atoms with Gasteiger partial charge in [0, 0.05) is 0 Å². The molecule has 0 unspecified atom stereocenters. The highest BCUT2D eigenvalue weighted by Gasteiger charge is 2.31. The summed E-state index contributed by atoms with van der Waals surface area (Å²) in [6.45, 7) is 0. The first-order valence-electron chi connectivity index (χ1n) is 6.35. The van der Waals surface area contributed by atoms with E-state index in [9.17, 15) is 30.8 Å². The van der Waals surface area contributed by atoms with Crippen LogP contribution in [-0.2, 0) is 16.2 Å². The molecule has 10 heteroatoms. The van der Waals surface area contributed by atoms with Crippen molar-refractivity contribution in [1.82, 2.24) is 10.3 Å². The van der Waals surface area contributed by atoms with Crippen molar-refractivity contribution in [1.29, 1.82) is 0 Å². The number of alkyl halides is 3. The van der Waals surface area contributed by atoms with Gasteiger partial charge >= 0.3 is 6.18 Å². The van der Waals surface area contributed by atoms with E-state index in [1.165, 1.54) is 12.1 Å². The number of hydrogen-bond acceptors (Lipinski definition) is 3. The minimum Gasteiger partial charge on any atom is -0.273 e. The molecule has 0 aromatic heterocycles. The summed E-state index contributed by atoms with van der Waals surface area (Å²) < 4.78 is 75.1. The number of hydrazine groups is 1. The van der Waals surface area contributed by atoms with Crippen LogP contribution in [-0.4, -0.2) is 14.3 Å². The van der Waals surface area contributed by atoms with Gasteiger partial charge < -0.3 is 0 Å². The highest BCUT2D eigenvalue weighted by molar-refractivity contribution is 7.89. The molecule has 0 fully saturated rings. The molecule has 128 valence electrons. The summed E-state index contributed by atoms with van der Waals surface area (Å²) in [6.07, 6.45) is -4.72. The van der Waals surface area contributed by atoms with Gasteiger partial charge in [0.2, 0.25) is 0 Å². The van der Waals surface area contributed by atoms with E-state index in [1.54, 1.807) is 10.3 Å². The Hall–Kier alpha value is -2.46. The molecule has 0 bridgehead atoms. The summed E-state index contributed by atoms with van der Waals surface area (Å²) in [4.78, 5) is 12.6. The second kappa shape index (κ2) is 6.57. The van der Waals surface area contributed by atoms with Crippen molar-refractivity contribution in [2.75, 3.05) is 0 Å². The summed E-state index contributed by atoms with van der Waals surface area (Å²) in [7, 11) is -4.46. The average molecular weight is 362 g/mol. The zero-order valence-corrected chi connectivity index (χ0v) is 12.6. The summed E-state index contributed by atoms with van der Waals surface area (Å²) >= 11 is 0. The zero-order valence-electron chi connectivity index (χ0n) is 11.8. The van der Waals surface area contributed by atoms with E-state index in [2.05, 4.69) is 0 Å². The molecule has 1 amide bonds. The summed E-state index contributed by atoms with van der Waals surface area (Å²) in [6, 6.07) is 7.76. The van der Waals surface area contributed by atoms with E-state index in [-0.39, 0.29) is 0 Å². The van der Waals surface area contributed by atoms with E-state index in [0.717, 1.165) is 24.3 Å². The van der Waals surface area contributed by atoms with Crippen molar-refractivity contribution in [2.24, 2.45) is 0 Å². The molecular formula is C14H10F4N2O3S. The zero-order chi connectivity index (χ0) is 18.0. The molecule has 0 aliphatic rings. The van der Waals surface area contributed by atoms with Gasteiger partial charge in [0.05, 0.1) is 16.0 Å². The molecule has 2 aromatic carbocycles. The first-order valence-corrected chi connectivity index (χ1v) is 7.83. The Balaban J connectivity index is 2.18. The first-order chi connectivity index (χ1) is 11.1. The molecule has 0 saturated heterocycles. The molecule has 0 atom stereocenters. The van der Waals surface area contributed by atoms with E-state index >= 15 is 0 Å². The molecule has 0 saturated carbocycles. The third-order valence-corrected chi connectivity index (χ3v) is 4.13. The van der Waals surface area contributed by atoms with Gasteiger partial charge in [0.25, 0.3) is 15.9 Å². The van der Waals surface area contributed by atoms with Crippen molar-refractivity contribution in [2.45, 2.75) is 11.1 Å². The number of nitrogens with one attached hydrogen (secondary N) is 2. The Morgan fingerprint density at radius 2 is 1.67 bits per heavy atom. The fraction of sp³-hybridized carbons (Fsp3) is 0.0714. The lowest BCUT2D eigenvalue weighted by molar-refractivity contribution is -0.137. The molecule has 0 spiro atoms. The fourth-order valence-corrected chi connectivity index (χ4v) is 2.61.